The predicted molar refractivity (Wildman–Crippen MR) is 116 cm³/mol. The van der Waals surface area contributed by atoms with E-state index in [4.69, 9.17) is 13.9 Å². The first-order valence-electron chi connectivity index (χ1n) is 10.1. The Labute approximate surface area is 175 Å². The van der Waals surface area contributed by atoms with Crippen LogP contribution in [0.1, 0.15) is 36.3 Å². The van der Waals surface area contributed by atoms with Crippen molar-refractivity contribution in [1.29, 1.82) is 0 Å². The fourth-order valence-corrected chi connectivity index (χ4v) is 3.18. The molecular formula is C24H27NO5. The summed E-state index contributed by atoms with van der Waals surface area (Å²) in [5, 5.41) is 0. The summed E-state index contributed by atoms with van der Waals surface area (Å²) in [6.07, 6.45) is 5.60. The molecule has 0 bridgehead atoms. The standard InChI is InChI=1S/C24H27NO5/c1-18-23(21(26)11-13-25(18)17-20-9-5-3-6-10-20)29-14-7-4-8-15-30-24-19(2)28-16-12-22(24)27/h3,5-6,9-13,16H,4,7-8,14-15,17H2,1-2H3. The van der Waals surface area contributed by atoms with E-state index >= 15 is 0 Å². The highest BCUT2D eigenvalue weighted by molar-refractivity contribution is 5.28. The predicted octanol–water partition coefficient (Wildman–Crippen LogP) is 4.09. The largest absolute Gasteiger partial charge is 0.488 e. The van der Waals surface area contributed by atoms with E-state index in [9.17, 15) is 9.59 Å². The van der Waals surface area contributed by atoms with Crippen LogP contribution in [0.25, 0.3) is 0 Å². The number of nitrogens with zero attached hydrogens (tertiary/aromatic N) is 1. The summed E-state index contributed by atoms with van der Waals surface area (Å²) < 4.78 is 18.6. The Kier molecular flexibility index (Phi) is 7.49. The maximum Gasteiger partial charge on any atom is 0.226 e. The van der Waals surface area contributed by atoms with Crippen molar-refractivity contribution in [2.24, 2.45) is 0 Å². The molecule has 0 saturated carbocycles. The smallest absolute Gasteiger partial charge is 0.226 e. The van der Waals surface area contributed by atoms with E-state index in [-0.39, 0.29) is 16.6 Å². The fourth-order valence-electron chi connectivity index (χ4n) is 3.18. The van der Waals surface area contributed by atoms with Crippen molar-refractivity contribution in [3.63, 3.8) is 0 Å². The van der Waals surface area contributed by atoms with Gasteiger partial charge in [0.2, 0.25) is 16.6 Å². The molecular weight excluding hydrogens is 382 g/mol. The molecule has 6 heteroatoms. The molecule has 0 aliphatic rings. The van der Waals surface area contributed by atoms with Crippen LogP contribution in [0, 0.1) is 13.8 Å². The van der Waals surface area contributed by atoms with Gasteiger partial charge in [-0.25, -0.2) is 0 Å². The summed E-state index contributed by atoms with van der Waals surface area (Å²) in [6, 6.07) is 13.0. The molecule has 0 atom stereocenters. The fraction of sp³-hybridized carbons (Fsp3) is 0.333. The van der Waals surface area contributed by atoms with Gasteiger partial charge in [-0.2, -0.15) is 0 Å². The number of benzene rings is 1. The van der Waals surface area contributed by atoms with Gasteiger partial charge >= 0.3 is 0 Å². The molecule has 0 saturated heterocycles. The number of aryl methyl sites for hydroxylation is 1. The number of hydrogen-bond donors (Lipinski definition) is 0. The summed E-state index contributed by atoms with van der Waals surface area (Å²) in [5.41, 5.74) is 1.71. The van der Waals surface area contributed by atoms with Crippen LogP contribution in [0.4, 0.5) is 0 Å². The molecule has 2 aromatic heterocycles. The number of ether oxygens (including phenoxy) is 2. The summed E-state index contributed by atoms with van der Waals surface area (Å²) in [7, 11) is 0. The van der Waals surface area contributed by atoms with E-state index in [1.807, 2.05) is 29.7 Å². The Morgan fingerprint density at radius 2 is 1.50 bits per heavy atom. The Bertz CT molecular complexity index is 1070. The third-order valence-corrected chi connectivity index (χ3v) is 4.87. The van der Waals surface area contributed by atoms with Crippen molar-refractivity contribution in [1.82, 2.24) is 4.57 Å². The molecule has 0 aliphatic heterocycles. The lowest BCUT2D eigenvalue weighted by Crippen LogP contribution is -2.16. The quantitative estimate of drug-likeness (QED) is 0.472. The molecule has 0 fully saturated rings. The summed E-state index contributed by atoms with van der Waals surface area (Å²) in [5.74, 6) is 1.16. The van der Waals surface area contributed by atoms with E-state index in [2.05, 4.69) is 12.1 Å². The van der Waals surface area contributed by atoms with E-state index in [1.54, 1.807) is 19.2 Å². The lowest BCUT2D eigenvalue weighted by molar-refractivity contribution is 0.268. The zero-order valence-electron chi connectivity index (χ0n) is 17.4. The van der Waals surface area contributed by atoms with Crippen molar-refractivity contribution < 1.29 is 13.9 Å². The van der Waals surface area contributed by atoms with Gasteiger partial charge in [0, 0.05) is 24.9 Å². The monoisotopic (exact) mass is 409 g/mol. The Balaban J connectivity index is 1.46. The molecule has 1 aromatic carbocycles. The van der Waals surface area contributed by atoms with Gasteiger partial charge in [0.25, 0.3) is 0 Å². The Morgan fingerprint density at radius 1 is 0.833 bits per heavy atom. The molecule has 0 aliphatic carbocycles. The third kappa shape index (κ3) is 5.63. The highest BCUT2D eigenvalue weighted by Crippen LogP contribution is 2.15. The summed E-state index contributed by atoms with van der Waals surface area (Å²) >= 11 is 0. The van der Waals surface area contributed by atoms with Crippen LogP contribution in [0.3, 0.4) is 0 Å². The molecule has 0 radical (unpaired) electrons. The average Bonchev–Trinajstić information content (AvgIpc) is 2.74. The van der Waals surface area contributed by atoms with Gasteiger partial charge in [-0.3, -0.25) is 9.59 Å². The molecule has 2 heterocycles. The highest BCUT2D eigenvalue weighted by atomic mass is 16.5. The molecule has 0 unspecified atom stereocenters. The van der Waals surface area contributed by atoms with Gasteiger partial charge in [0.15, 0.2) is 5.75 Å². The van der Waals surface area contributed by atoms with E-state index < -0.39 is 0 Å². The number of rotatable bonds is 10. The first-order valence-corrected chi connectivity index (χ1v) is 10.1. The minimum absolute atomic E-state index is 0.105. The zero-order valence-corrected chi connectivity index (χ0v) is 17.4. The van der Waals surface area contributed by atoms with Crippen LogP contribution in [0.15, 0.2) is 68.9 Å². The molecule has 6 nitrogen and oxygen atoms in total. The van der Waals surface area contributed by atoms with Crippen LogP contribution in [-0.4, -0.2) is 17.8 Å². The molecule has 30 heavy (non-hydrogen) atoms. The van der Waals surface area contributed by atoms with Crippen LogP contribution < -0.4 is 20.3 Å². The van der Waals surface area contributed by atoms with Gasteiger partial charge in [-0.15, -0.1) is 0 Å². The molecule has 3 rings (SSSR count). The number of pyridine rings is 1. The first-order chi connectivity index (χ1) is 14.6. The van der Waals surface area contributed by atoms with Crippen molar-refractivity contribution in [3.8, 4) is 11.5 Å². The number of aromatic nitrogens is 1. The van der Waals surface area contributed by atoms with Gasteiger partial charge in [0.1, 0.15) is 5.76 Å². The molecule has 0 spiro atoms. The van der Waals surface area contributed by atoms with Gasteiger partial charge in [-0.05, 0) is 38.7 Å². The lowest BCUT2D eigenvalue weighted by Gasteiger charge is -2.15. The second-order valence-corrected chi connectivity index (χ2v) is 7.14. The minimum Gasteiger partial charge on any atom is -0.488 e. The zero-order chi connectivity index (χ0) is 21.3. The van der Waals surface area contributed by atoms with Crippen LogP contribution in [0.2, 0.25) is 0 Å². The second kappa shape index (κ2) is 10.5. The maximum absolute atomic E-state index is 12.2. The Morgan fingerprint density at radius 3 is 2.20 bits per heavy atom. The van der Waals surface area contributed by atoms with Crippen LogP contribution >= 0.6 is 0 Å². The van der Waals surface area contributed by atoms with Crippen molar-refractivity contribution >= 4 is 0 Å². The van der Waals surface area contributed by atoms with Gasteiger partial charge in [-0.1, -0.05) is 30.3 Å². The third-order valence-electron chi connectivity index (χ3n) is 4.87. The van der Waals surface area contributed by atoms with Crippen molar-refractivity contribution in [2.45, 2.75) is 39.7 Å². The first kappa shape index (κ1) is 21.4. The molecule has 0 amide bonds. The van der Waals surface area contributed by atoms with Crippen molar-refractivity contribution in [2.75, 3.05) is 13.2 Å². The summed E-state index contributed by atoms with van der Waals surface area (Å²) in [4.78, 5) is 24.0. The number of unbranched alkanes of at least 4 members (excludes halogenated alkanes) is 2. The number of hydrogen-bond acceptors (Lipinski definition) is 5. The average molecular weight is 409 g/mol. The maximum atomic E-state index is 12.2. The summed E-state index contributed by atoms with van der Waals surface area (Å²) in [6.45, 7) is 5.19. The molecule has 3 aromatic rings. The van der Waals surface area contributed by atoms with Crippen LogP contribution in [0.5, 0.6) is 11.5 Å². The Hall–Kier alpha value is -3.28. The topological polar surface area (TPSA) is 70.7 Å². The molecule has 158 valence electrons. The van der Waals surface area contributed by atoms with Crippen molar-refractivity contribution in [3.05, 3.63) is 92.4 Å². The van der Waals surface area contributed by atoms with Crippen LogP contribution in [-0.2, 0) is 6.54 Å². The van der Waals surface area contributed by atoms with E-state index in [0.29, 0.717) is 31.3 Å². The van der Waals surface area contributed by atoms with Gasteiger partial charge in [0.05, 0.1) is 25.2 Å². The SMILES string of the molecule is Cc1occc(=O)c1OCCCCCOc1c(C)n(Cc2ccccc2)ccc1=O. The molecule has 0 N–H and O–H groups in total. The van der Waals surface area contributed by atoms with E-state index in [1.165, 1.54) is 12.3 Å². The minimum atomic E-state index is -0.173. The highest BCUT2D eigenvalue weighted by Gasteiger charge is 2.09. The lowest BCUT2D eigenvalue weighted by atomic mass is 10.2. The second-order valence-electron chi connectivity index (χ2n) is 7.14. The van der Waals surface area contributed by atoms with Gasteiger partial charge < -0.3 is 18.5 Å². The normalized spacial score (nSPS) is 10.7. The van der Waals surface area contributed by atoms with E-state index in [0.717, 1.165) is 30.5 Å².